The number of ether oxygens (including phenoxy) is 1. The third-order valence-electron chi connectivity index (χ3n) is 3.74. The van der Waals surface area contributed by atoms with Gasteiger partial charge >= 0.3 is 0 Å². The van der Waals surface area contributed by atoms with Gasteiger partial charge in [-0.1, -0.05) is 24.3 Å². The molecule has 4 heteroatoms. The zero-order valence-electron chi connectivity index (χ0n) is 12.3. The van der Waals surface area contributed by atoms with E-state index in [0.29, 0.717) is 24.4 Å². The number of carbonyl (C=O) groups excluding carboxylic acids is 1. The molecule has 1 atom stereocenters. The predicted molar refractivity (Wildman–Crippen MR) is 84.1 cm³/mol. The molecule has 0 aliphatic carbocycles. The molecule has 1 heterocycles. The van der Waals surface area contributed by atoms with Gasteiger partial charge in [0.05, 0.1) is 6.10 Å². The SMILES string of the molecule is O=C(c1cccc(Oc2ccccc2)c1)N1CCCC(O)C1. The van der Waals surface area contributed by atoms with E-state index in [1.165, 1.54) is 0 Å². The van der Waals surface area contributed by atoms with E-state index in [0.717, 1.165) is 18.6 Å². The van der Waals surface area contributed by atoms with Gasteiger partial charge in [0.2, 0.25) is 0 Å². The number of para-hydroxylation sites is 1. The second kappa shape index (κ2) is 6.62. The first-order valence-corrected chi connectivity index (χ1v) is 7.53. The highest BCUT2D eigenvalue weighted by Crippen LogP contribution is 2.23. The van der Waals surface area contributed by atoms with Gasteiger partial charge in [0.25, 0.3) is 5.91 Å². The molecule has 2 aromatic carbocycles. The van der Waals surface area contributed by atoms with E-state index in [-0.39, 0.29) is 5.91 Å². The third-order valence-corrected chi connectivity index (χ3v) is 3.74. The lowest BCUT2D eigenvalue weighted by Crippen LogP contribution is -2.42. The quantitative estimate of drug-likeness (QED) is 0.947. The minimum absolute atomic E-state index is 0.0581. The van der Waals surface area contributed by atoms with Crippen LogP contribution in [0.25, 0.3) is 0 Å². The maximum atomic E-state index is 12.5. The first-order chi connectivity index (χ1) is 10.7. The first kappa shape index (κ1) is 14.6. The van der Waals surface area contributed by atoms with E-state index in [9.17, 15) is 9.90 Å². The summed E-state index contributed by atoms with van der Waals surface area (Å²) in [5.74, 6) is 1.31. The third kappa shape index (κ3) is 3.46. The predicted octanol–water partition coefficient (Wildman–Crippen LogP) is 3.08. The lowest BCUT2D eigenvalue weighted by molar-refractivity contribution is 0.0473. The number of likely N-dealkylation sites (tertiary alicyclic amines) is 1. The molecule has 114 valence electrons. The molecule has 0 bridgehead atoms. The second-order valence-electron chi connectivity index (χ2n) is 5.49. The van der Waals surface area contributed by atoms with Gasteiger partial charge in [-0.2, -0.15) is 0 Å². The standard InChI is InChI=1S/C18H19NO3/c20-15-7-5-11-19(13-15)18(21)14-6-4-10-17(12-14)22-16-8-2-1-3-9-16/h1-4,6,8-10,12,15,20H,5,7,11,13H2. The Labute approximate surface area is 130 Å². The number of nitrogens with zero attached hydrogens (tertiary/aromatic N) is 1. The topological polar surface area (TPSA) is 49.8 Å². The van der Waals surface area contributed by atoms with Crippen molar-refractivity contribution >= 4 is 5.91 Å². The van der Waals surface area contributed by atoms with Crippen molar-refractivity contribution in [2.45, 2.75) is 18.9 Å². The molecule has 3 rings (SSSR count). The van der Waals surface area contributed by atoms with Crippen LogP contribution in [0.4, 0.5) is 0 Å². The molecule has 0 saturated carbocycles. The Balaban J connectivity index is 1.74. The summed E-state index contributed by atoms with van der Waals surface area (Å²) >= 11 is 0. The van der Waals surface area contributed by atoms with Crippen LogP contribution in [0, 0.1) is 0 Å². The van der Waals surface area contributed by atoms with Gasteiger partial charge in [0.15, 0.2) is 0 Å². The summed E-state index contributed by atoms with van der Waals surface area (Å²) < 4.78 is 5.76. The van der Waals surface area contributed by atoms with Crippen LogP contribution in [0.15, 0.2) is 54.6 Å². The smallest absolute Gasteiger partial charge is 0.254 e. The first-order valence-electron chi connectivity index (χ1n) is 7.53. The number of rotatable bonds is 3. The normalized spacial score (nSPS) is 18.0. The van der Waals surface area contributed by atoms with Crippen LogP contribution in [0.3, 0.4) is 0 Å². The molecule has 2 aromatic rings. The molecular formula is C18H19NO3. The van der Waals surface area contributed by atoms with Gasteiger partial charge in [-0.25, -0.2) is 0 Å². The van der Waals surface area contributed by atoms with Gasteiger partial charge in [-0.15, -0.1) is 0 Å². The molecule has 1 unspecified atom stereocenters. The van der Waals surface area contributed by atoms with Crippen LogP contribution < -0.4 is 4.74 Å². The number of hydrogen-bond acceptors (Lipinski definition) is 3. The van der Waals surface area contributed by atoms with Crippen molar-refractivity contribution < 1.29 is 14.6 Å². The van der Waals surface area contributed by atoms with Crippen molar-refractivity contribution in [1.29, 1.82) is 0 Å². The van der Waals surface area contributed by atoms with Crippen molar-refractivity contribution in [1.82, 2.24) is 4.90 Å². The molecule has 22 heavy (non-hydrogen) atoms. The van der Waals surface area contributed by atoms with E-state index >= 15 is 0 Å². The van der Waals surface area contributed by atoms with Crippen molar-refractivity contribution in [2.75, 3.05) is 13.1 Å². The Morgan fingerprint density at radius 3 is 2.64 bits per heavy atom. The van der Waals surface area contributed by atoms with Gasteiger partial charge in [-0.05, 0) is 43.2 Å². The van der Waals surface area contributed by atoms with Crippen LogP contribution in [-0.2, 0) is 0 Å². The monoisotopic (exact) mass is 297 g/mol. The summed E-state index contributed by atoms with van der Waals surface area (Å²) in [7, 11) is 0. The molecule has 1 fully saturated rings. The summed E-state index contributed by atoms with van der Waals surface area (Å²) in [6, 6.07) is 16.6. The minimum Gasteiger partial charge on any atom is -0.457 e. The Hall–Kier alpha value is -2.33. The number of aliphatic hydroxyl groups is 1. The molecule has 1 aliphatic heterocycles. The fourth-order valence-electron chi connectivity index (χ4n) is 2.64. The van der Waals surface area contributed by atoms with E-state index in [1.807, 2.05) is 42.5 Å². The molecule has 1 aliphatic rings. The lowest BCUT2D eigenvalue weighted by atomic mass is 10.1. The fraction of sp³-hybridized carbons (Fsp3) is 0.278. The molecular weight excluding hydrogens is 278 g/mol. The van der Waals surface area contributed by atoms with Gasteiger partial charge < -0.3 is 14.7 Å². The zero-order valence-corrected chi connectivity index (χ0v) is 12.3. The van der Waals surface area contributed by atoms with Crippen LogP contribution in [-0.4, -0.2) is 35.1 Å². The summed E-state index contributed by atoms with van der Waals surface area (Å²) in [4.78, 5) is 14.2. The van der Waals surface area contributed by atoms with E-state index in [2.05, 4.69) is 0 Å². The maximum Gasteiger partial charge on any atom is 0.254 e. The Morgan fingerprint density at radius 1 is 1.09 bits per heavy atom. The molecule has 1 saturated heterocycles. The number of piperidine rings is 1. The highest BCUT2D eigenvalue weighted by Gasteiger charge is 2.23. The summed E-state index contributed by atoms with van der Waals surface area (Å²) in [6.07, 6.45) is 1.19. The van der Waals surface area contributed by atoms with Gasteiger partial charge in [0.1, 0.15) is 11.5 Å². The Bertz CT molecular complexity index is 642. The summed E-state index contributed by atoms with van der Waals surface area (Å²) in [5, 5.41) is 9.71. The average molecular weight is 297 g/mol. The van der Waals surface area contributed by atoms with Crippen LogP contribution in [0.1, 0.15) is 23.2 Å². The van der Waals surface area contributed by atoms with E-state index < -0.39 is 6.10 Å². The number of hydrogen-bond donors (Lipinski definition) is 1. The summed E-state index contributed by atoms with van der Waals surface area (Å²) in [5.41, 5.74) is 0.586. The lowest BCUT2D eigenvalue weighted by Gasteiger charge is -2.30. The molecule has 1 amide bonds. The second-order valence-corrected chi connectivity index (χ2v) is 5.49. The number of β-amino-alcohol motifs (C(OH)–C–C–N with tert-alkyl or cyclic N) is 1. The van der Waals surface area contributed by atoms with Gasteiger partial charge in [0, 0.05) is 18.7 Å². The van der Waals surface area contributed by atoms with Crippen molar-refractivity contribution in [2.24, 2.45) is 0 Å². The fourth-order valence-corrected chi connectivity index (χ4v) is 2.64. The molecule has 4 nitrogen and oxygen atoms in total. The number of aliphatic hydroxyl groups excluding tert-OH is 1. The van der Waals surface area contributed by atoms with Crippen molar-refractivity contribution in [3.63, 3.8) is 0 Å². The molecule has 1 N–H and O–H groups in total. The number of carbonyl (C=O) groups is 1. The Morgan fingerprint density at radius 2 is 1.86 bits per heavy atom. The number of amides is 1. The average Bonchev–Trinajstić information content (AvgIpc) is 2.55. The van der Waals surface area contributed by atoms with Crippen LogP contribution in [0.2, 0.25) is 0 Å². The Kier molecular flexibility index (Phi) is 4.39. The number of benzene rings is 2. The largest absolute Gasteiger partial charge is 0.457 e. The minimum atomic E-state index is -0.415. The summed E-state index contributed by atoms with van der Waals surface area (Å²) in [6.45, 7) is 1.10. The van der Waals surface area contributed by atoms with E-state index in [1.54, 1.807) is 17.0 Å². The molecule has 0 aromatic heterocycles. The molecule has 0 spiro atoms. The highest BCUT2D eigenvalue weighted by molar-refractivity contribution is 5.94. The van der Waals surface area contributed by atoms with Crippen LogP contribution >= 0.6 is 0 Å². The van der Waals surface area contributed by atoms with Crippen LogP contribution in [0.5, 0.6) is 11.5 Å². The van der Waals surface area contributed by atoms with Crippen molar-refractivity contribution in [3.05, 3.63) is 60.2 Å². The highest BCUT2D eigenvalue weighted by atomic mass is 16.5. The van der Waals surface area contributed by atoms with Crippen molar-refractivity contribution in [3.8, 4) is 11.5 Å². The van der Waals surface area contributed by atoms with Gasteiger partial charge in [-0.3, -0.25) is 4.79 Å². The zero-order chi connectivity index (χ0) is 15.4. The van der Waals surface area contributed by atoms with E-state index in [4.69, 9.17) is 4.74 Å². The molecule has 0 radical (unpaired) electrons. The maximum absolute atomic E-state index is 12.5.